The Morgan fingerprint density at radius 3 is 2.39 bits per heavy atom. The first kappa shape index (κ1) is 24.0. The van der Waals surface area contributed by atoms with E-state index >= 15 is 0 Å². The monoisotopic (exact) mass is 455 g/mol. The molecule has 0 radical (unpaired) electrons. The van der Waals surface area contributed by atoms with Gasteiger partial charge in [0.15, 0.2) is 11.5 Å². The molecule has 0 amide bonds. The summed E-state index contributed by atoms with van der Waals surface area (Å²) in [7, 11) is 2.76. The van der Waals surface area contributed by atoms with Crippen molar-refractivity contribution in [1.82, 2.24) is 15.0 Å². The molecule has 1 heterocycles. The number of methoxy groups -OCH3 is 2. The Morgan fingerprint density at radius 1 is 0.970 bits per heavy atom. The number of nitrogens with zero attached hydrogens (tertiary/aromatic N) is 3. The third-order valence-corrected chi connectivity index (χ3v) is 5.27. The molecule has 0 fully saturated rings. The first-order valence-electron chi connectivity index (χ1n) is 11.0. The van der Waals surface area contributed by atoms with Crippen LogP contribution in [0.15, 0.2) is 30.3 Å². The van der Waals surface area contributed by atoms with Gasteiger partial charge in [0.1, 0.15) is 16.6 Å². The summed E-state index contributed by atoms with van der Waals surface area (Å²) in [6, 6.07) is 7.89. The number of unbranched alkanes of at least 4 members (excludes halogenated alkanes) is 5. The Balaban J connectivity index is 1.85. The van der Waals surface area contributed by atoms with Crippen LogP contribution in [-0.2, 0) is 4.74 Å². The Morgan fingerprint density at radius 2 is 1.70 bits per heavy atom. The summed E-state index contributed by atoms with van der Waals surface area (Å²) < 4.78 is 16.0. The summed E-state index contributed by atoms with van der Waals surface area (Å²) >= 11 is 0. The van der Waals surface area contributed by atoms with Crippen molar-refractivity contribution in [3.05, 3.63) is 41.5 Å². The van der Waals surface area contributed by atoms with Gasteiger partial charge in [0.25, 0.3) is 0 Å². The summed E-state index contributed by atoms with van der Waals surface area (Å²) in [5.74, 6) is -1.15. The number of fused-ring (bicyclic) bond motifs is 1. The van der Waals surface area contributed by atoms with Gasteiger partial charge in [-0.05, 0) is 30.7 Å². The number of carbonyl (C=O) groups is 2. The van der Waals surface area contributed by atoms with E-state index in [1.165, 1.54) is 44.3 Å². The molecule has 0 saturated heterocycles. The average molecular weight is 456 g/mol. The van der Waals surface area contributed by atoms with Crippen LogP contribution < -0.4 is 9.47 Å². The number of rotatable bonds is 12. The first-order valence-corrected chi connectivity index (χ1v) is 11.0. The summed E-state index contributed by atoms with van der Waals surface area (Å²) in [6.45, 7) is 2.58. The number of esters is 1. The number of ether oxygens (including phenoxy) is 3. The standard InChI is InChI=1S/C24H29N3O6/c1-4-5-6-7-8-9-12-33-22-18(23(28)29)14-17(15-21(22)31-2)27-25-19-11-10-16(24(30)32-3)13-20(19)26-27/h10-11,13-15H,4-9,12H2,1-3H3,(H,28,29). The van der Waals surface area contributed by atoms with Crippen molar-refractivity contribution >= 4 is 23.0 Å². The predicted molar refractivity (Wildman–Crippen MR) is 123 cm³/mol. The van der Waals surface area contributed by atoms with Crippen LogP contribution in [0, 0.1) is 0 Å². The molecule has 3 aromatic rings. The van der Waals surface area contributed by atoms with E-state index in [-0.39, 0.29) is 17.1 Å². The largest absolute Gasteiger partial charge is 0.493 e. The normalized spacial score (nSPS) is 10.9. The fourth-order valence-electron chi connectivity index (χ4n) is 3.49. The molecule has 0 aliphatic carbocycles. The van der Waals surface area contributed by atoms with Crippen molar-refractivity contribution in [3.63, 3.8) is 0 Å². The van der Waals surface area contributed by atoms with Crippen molar-refractivity contribution in [1.29, 1.82) is 0 Å². The van der Waals surface area contributed by atoms with Gasteiger partial charge in [-0.2, -0.15) is 4.80 Å². The van der Waals surface area contributed by atoms with Gasteiger partial charge in [-0.25, -0.2) is 9.59 Å². The fourth-order valence-corrected chi connectivity index (χ4v) is 3.49. The van der Waals surface area contributed by atoms with Crippen LogP contribution in [0.3, 0.4) is 0 Å². The van der Waals surface area contributed by atoms with E-state index in [0.29, 0.717) is 28.9 Å². The molecule has 9 nitrogen and oxygen atoms in total. The Bertz CT molecular complexity index is 1120. The highest BCUT2D eigenvalue weighted by molar-refractivity contribution is 5.94. The number of aromatic nitrogens is 3. The second kappa shape index (κ2) is 11.3. The molecule has 0 bridgehead atoms. The molecular formula is C24H29N3O6. The fraction of sp³-hybridized carbons (Fsp3) is 0.417. The number of benzene rings is 2. The Labute approximate surface area is 192 Å². The number of carbonyl (C=O) groups excluding carboxylic acids is 1. The molecule has 0 unspecified atom stereocenters. The van der Waals surface area contributed by atoms with E-state index in [4.69, 9.17) is 14.2 Å². The van der Waals surface area contributed by atoms with E-state index in [9.17, 15) is 14.7 Å². The zero-order chi connectivity index (χ0) is 23.8. The number of carboxylic acid groups (broad SMARTS) is 1. The van der Waals surface area contributed by atoms with Crippen molar-refractivity contribution in [2.45, 2.75) is 45.4 Å². The number of carboxylic acids is 1. The van der Waals surface area contributed by atoms with Crippen LogP contribution in [0.4, 0.5) is 0 Å². The van der Waals surface area contributed by atoms with E-state index in [2.05, 4.69) is 17.1 Å². The van der Waals surface area contributed by atoms with Crippen LogP contribution in [0.1, 0.15) is 66.2 Å². The first-order chi connectivity index (χ1) is 16.0. The van der Waals surface area contributed by atoms with E-state index < -0.39 is 11.9 Å². The van der Waals surface area contributed by atoms with Gasteiger partial charge in [-0.1, -0.05) is 39.0 Å². The van der Waals surface area contributed by atoms with Crippen LogP contribution in [0.2, 0.25) is 0 Å². The lowest BCUT2D eigenvalue weighted by Gasteiger charge is -2.15. The molecule has 33 heavy (non-hydrogen) atoms. The minimum atomic E-state index is -1.14. The number of hydrogen-bond donors (Lipinski definition) is 1. The highest BCUT2D eigenvalue weighted by Crippen LogP contribution is 2.34. The minimum Gasteiger partial charge on any atom is -0.493 e. The third-order valence-electron chi connectivity index (χ3n) is 5.27. The van der Waals surface area contributed by atoms with Gasteiger partial charge in [0, 0.05) is 6.07 Å². The number of hydrogen-bond acceptors (Lipinski definition) is 7. The second-order valence-corrected chi connectivity index (χ2v) is 7.63. The maximum atomic E-state index is 12.0. The molecule has 1 aromatic heterocycles. The van der Waals surface area contributed by atoms with E-state index in [1.807, 2.05) is 0 Å². The SMILES string of the molecule is CCCCCCCCOc1c(OC)cc(-n2nc3ccc(C(=O)OC)cc3n2)cc1C(=O)O. The van der Waals surface area contributed by atoms with E-state index in [1.54, 1.807) is 24.3 Å². The maximum absolute atomic E-state index is 12.0. The molecule has 0 atom stereocenters. The summed E-state index contributed by atoms with van der Waals surface area (Å²) in [5, 5.41) is 18.6. The summed E-state index contributed by atoms with van der Waals surface area (Å²) in [4.78, 5) is 25.0. The van der Waals surface area contributed by atoms with Gasteiger partial charge in [-0.3, -0.25) is 0 Å². The van der Waals surface area contributed by atoms with E-state index in [0.717, 1.165) is 19.3 Å². The molecule has 3 rings (SSSR count). The molecule has 1 N–H and O–H groups in total. The van der Waals surface area contributed by atoms with Gasteiger partial charge < -0.3 is 19.3 Å². The molecule has 0 aliphatic heterocycles. The van der Waals surface area contributed by atoms with Crippen LogP contribution >= 0.6 is 0 Å². The molecular weight excluding hydrogens is 426 g/mol. The lowest BCUT2D eigenvalue weighted by molar-refractivity contribution is 0.0600. The predicted octanol–water partition coefficient (Wildman–Crippen LogP) is 4.65. The minimum absolute atomic E-state index is 0.0352. The van der Waals surface area contributed by atoms with Gasteiger partial charge in [-0.15, -0.1) is 10.2 Å². The molecule has 176 valence electrons. The van der Waals surface area contributed by atoms with Crippen LogP contribution in [0.5, 0.6) is 11.5 Å². The van der Waals surface area contributed by atoms with Crippen LogP contribution in [0.25, 0.3) is 16.7 Å². The summed E-state index contributed by atoms with van der Waals surface area (Å²) in [5.41, 5.74) is 1.72. The maximum Gasteiger partial charge on any atom is 0.339 e. The molecule has 0 spiro atoms. The Hall–Kier alpha value is -3.62. The van der Waals surface area contributed by atoms with Crippen molar-refractivity contribution in [3.8, 4) is 17.2 Å². The quantitative estimate of drug-likeness (QED) is 0.310. The molecule has 0 saturated carbocycles. The van der Waals surface area contributed by atoms with Crippen molar-refractivity contribution < 1.29 is 28.9 Å². The third kappa shape index (κ3) is 5.79. The van der Waals surface area contributed by atoms with Gasteiger partial charge in [0.05, 0.1) is 32.1 Å². The Kier molecular flexibility index (Phi) is 8.23. The lowest BCUT2D eigenvalue weighted by atomic mass is 10.1. The average Bonchev–Trinajstić information content (AvgIpc) is 3.26. The molecule has 2 aromatic carbocycles. The molecule has 9 heteroatoms. The zero-order valence-electron chi connectivity index (χ0n) is 19.2. The molecule has 0 aliphatic rings. The van der Waals surface area contributed by atoms with Crippen LogP contribution in [-0.4, -0.2) is 52.9 Å². The highest BCUT2D eigenvalue weighted by Gasteiger charge is 2.20. The topological polar surface area (TPSA) is 113 Å². The second-order valence-electron chi connectivity index (χ2n) is 7.63. The van der Waals surface area contributed by atoms with Crippen molar-refractivity contribution in [2.75, 3.05) is 20.8 Å². The van der Waals surface area contributed by atoms with Crippen molar-refractivity contribution in [2.24, 2.45) is 0 Å². The zero-order valence-corrected chi connectivity index (χ0v) is 19.2. The number of aromatic carboxylic acids is 1. The smallest absolute Gasteiger partial charge is 0.339 e. The summed E-state index contributed by atoms with van der Waals surface area (Å²) in [6.07, 6.45) is 6.61. The lowest BCUT2D eigenvalue weighted by Crippen LogP contribution is -2.09. The van der Waals surface area contributed by atoms with Gasteiger partial charge >= 0.3 is 11.9 Å². The van der Waals surface area contributed by atoms with Gasteiger partial charge in [0.2, 0.25) is 0 Å². The highest BCUT2D eigenvalue weighted by atomic mass is 16.5.